The number of ether oxygens (including phenoxy) is 1. The van der Waals surface area contributed by atoms with Gasteiger partial charge in [-0.25, -0.2) is 4.98 Å². The summed E-state index contributed by atoms with van der Waals surface area (Å²) >= 11 is 2.22. The van der Waals surface area contributed by atoms with E-state index in [0.29, 0.717) is 23.0 Å². The summed E-state index contributed by atoms with van der Waals surface area (Å²) in [6, 6.07) is 7.74. The topological polar surface area (TPSA) is 75.7 Å². The van der Waals surface area contributed by atoms with Crippen molar-refractivity contribution in [3.63, 3.8) is 0 Å². The zero-order chi connectivity index (χ0) is 13.2. The second kappa shape index (κ2) is 5.00. The number of para-hydroxylation sites is 1. The van der Waals surface area contributed by atoms with E-state index >= 15 is 0 Å². The summed E-state index contributed by atoms with van der Waals surface area (Å²) in [6.07, 6.45) is 1.57. The zero-order valence-corrected chi connectivity index (χ0v) is 12.2. The van der Waals surface area contributed by atoms with Crippen LogP contribution in [0.3, 0.4) is 0 Å². The van der Waals surface area contributed by atoms with Gasteiger partial charge in [-0.2, -0.15) is 9.97 Å². The van der Waals surface area contributed by atoms with Gasteiger partial charge in [0, 0.05) is 7.05 Å². The molecule has 3 rings (SSSR count). The van der Waals surface area contributed by atoms with Gasteiger partial charge in [0.05, 0.1) is 9.90 Å². The first-order valence-corrected chi connectivity index (χ1v) is 6.67. The van der Waals surface area contributed by atoms with Crippen LogP contribution in [-0.4, -0.2) is 27.0 Å². The average molecular weight is 367 g/mol. The molecule has 0 aliphatic rings. The molecule has 2 heterocycles. The molecule has 96 valence electrons. The summed E-state index contributed by atoms with van der Waals surface area (Å²) in [7, 11) is 1.75. The minimum Gasteiger partial charge on any atom is -0.436 e. The maximum Gasteiger partial charge on any atom is 0.250 e. The normalized spacial score (nSPS) is 10.6. The van der Waals surface area contributed by atoms with Gasteiger partial charge >= 0.3 is 0 Å². The molecular formula is C12H10IN5O. The molecule has 0 fully saturated rings. The number of imidazole rings is 1. The van der Waals surface area contributed by atoms with Crippen LogP contribution in [0.5, 0.6) is 11.6 Å². The van der Waals surface area contributed by atoms with E-state index in [2.05, 4.69) is 47.8 Å². The largest absolute Gasteiger partial charge is 0.436 e. The van der Waals surface area contributed by atoms with Gasteiger partial charge in [-0.1, -0.05) is 12.1 Å². The molecule has 6 nitrogen and oxygen atoms in total. The van der Waals surface area contributed by atoms with E-state index in [0.717, 1.165) is 9.32 Å². The summed E-state index contributed by atoms with van der Waals surface area (Å²) in [4.78, 5) is 15.7. The Morgan fingerprint density at radius 1 is 1.26 bits per heavy atom. The van der Waals surface area contributed by atoms with Crippen LogP contribution in [0.2, 0.25) is 0 Å². The van der Waals surface area contributed by atoms with Crippen LogP contribution >= 0.6 is 22.6 Å². The molecule has 0 radical (unpaired) electrons. The van der Waals surface area contributed by atoms with E-state index in [1.807, 2.05) is 24.3 Å². The number of rotatable bonds is 3. The highest BCUT2D eigenvalue weighted by Gasteiger charge is 2.12. The van der Waals surface area contributed by atoms with Gasteiger partial charge < -0.3 is 15.0 Å². The molecule has 2 N–H and O–H groups in total. The van der Waals surface area contributed by atoms with Gasteiger partial charge in [0.15, 0.2) is 5.65 Å². The SMILES string of the molecule is CNc1nc(Oc2ccccc2I)c2[nH]cnc2n1. The maximum absolute atomic E-state index is 5.85. The number of hydrogen-bond acceptors (Lipinski definition) is 5. The molecular weight excluding hydrogens is 357 g/mol. The second-order valence-corrected chi connectivity index (χ2v) is 4.90. The smallest absolute Gasteiger partial charge is 0.250 e. The second-order valence-electron chi connectivity index (χ2n) is 3.74. The van der Waals surface area contributed by atoms with Gasteiger partial charge in [-0.05, 0) is 34.7 Å². The average Bonchev–Trinajstić information content (AvgIpc) is 2.89. The molecule has 0 amide bonds. The van der Waals surface area contributed by atoms with E-state index in [9.17, 15) is 0 Å². The van der Waals surface area contributed by atoms with Gasteiger partial charge in [-0.15, -0.1) is 0 Å². The van der Waals surface area contributed by atoms with E-state index in [1.54, 1.807) is 13.4 Å². The first-order valence-electron chi connectivity index (χ1n) is 5.59. The Morgan fingerprint density at radius 3 is 2.89 bits per heavy atom. The number of benzene rings is 1. The van der Waals surface area contributed by atoms with Gasteiger partial charge in [0.2, 0.25) is 5.95 Å². The first kappa shape index (κ1) is 12.2. The summed E-state index contributed by atoms with van der Waals surface area (Å²) in [6.45, 7) is 0. The van der Waals surface area contributed by atoms with Crippen molar-refractivity contribution < 1.29 is 4.74 Å². The number of fused-ring (bicyclic) bond motifs is 1. The van der Waals surface area contributed by atoms with Gasteiger partial charge in [0.1, 0.15) is 11.3 Å². The fourth-order valence-electron chi connectivity index (χ4n) is 1.62. The van der Waals surface area contributed by atoms with Crippen LogP contribution in [-0.2, 0) is 0 Å². The van der Waals surface area contributed by atoms with Crippen LogP contribution in [0, 0.1) is 3.57 Å². The number of aromatic amines is 1. The molecule has 0 atom stereocenters. The van der Waals surface area contributed by atoms with Crippen LogP contribution < -0.4 is 10.1 Å². The van der Waals surface area contributed by atoms with E-state index in [1.165, 1.54) is 0 Å². The summed E-state index contributed by atoms with van der Waals surface area (Å²) in [5.74, 6) is 1.68. The number of anilines is 1. The van der Waals surface area contributed by atoms with Crippen LogP contribution in [0.4, 0.5) is 5.95 Å². The molecule has 2 aromatic heterocycles. The van der Waals surface area contributed by atoms with Gasteiger partial charge in [-0.3, -0.25) is 0 Å². The Morgan fingerprint density at radius 2 is 2.11 bits per heavy atom. The van der Waals surface area contributed by atoms with Crippen molar-refractivity contribution in [3.8, 4) is 11.6 Å². The highest BCUT2D eigenvalue weighted by Crippen LogP contribution is 2.29. The number of hydrogen-bond donors (Lipinski definition) is 2. The number of aromatic nitrogens is 4. The quantitative estimate of drug-likeness (QED) is 0.697. The van der Waals surface area contributed by atoms with E-state index < -0.39 is 0 Å². The van der Waals surface area contributed by atoms with Crippen molar-refractivity contribution >= 4 is 39.7 Å². The fraction of sp³-hybridized carbons (Fsp3) is 0.0833. The summed E-state index contributed by atoms with van der Waals surface area (Å²) in [5.41, 5.74) is 1.25. The Balaban J connectivity index is 2.09. The van der Waals surface area contributed by atoms with Crippen molar-refractivity contribution in [2.24, 2.45) is 0 Å². The minimum absolute atomic E-state index is 0.455. The van der Waals surface area contributed by atoms with Crippen LogP contribution in [0.25, 0.3) is 11.2 Å². The molecule has 0 bridgehead atoms. The third-order valence-corrected chi connectivity index (χ3v) is 3.41. The number of nitrogens with one attached hydrogen (secondary N) is 2. The fourth-order valence-corrected chi connectivity index (χ4v) is 2.12. The molecule has 0 spiro atoms. The number of halogens is 1. The molecule has 0 saturated heterocycles. The number of H-pyrrole nitrogens is 1. The maximum atomic E-state index is 5.85. The molecule has 0 aliphatic carbocycles. The molecule has 7 heteroatoms. The highest BCUT2D eigenvalue weighted by atomic mass is 127. The summed E-state index contributed by atoms with van der Waals surface area (Å²) in [5, 5.41) is 2.89. The standard InChI is InChI=1S/C12H10IN5O/c1-14-12-17-10-9(15-6-16-10)11(18-12)19-8-5-3-2-4-7(8)13/h2-6H,1H3,(H2,14,15,16,17,18). The third-order valence-electron chi connectivity index (χ3n) is 2.52. The van der Waals surface area contributed by atoms with Crippen molar-refractivity contribution in [3.05, 3.63) is 34.2 Å². The number of nitrogens with zero attached hydrogens (tertiary/aromatic N) is 3. The summed E-state index contributed by atoms with van der Waals surface area (Å²) < 4.78 is 6.86. The first-order chi connectivity index (χ1) is 9.28. The van der Waals surface area contributed by atoms with Crippen molar-refractivity contribution in [2.45, 2.75) is 0 Å². The Hall–Kier alpha value is -1.90. The minimum atomic E-state index is 0.455. The van der Waals surface area contributed by atoms with Crippen molar-refractivity contribution in [1.29, 1.82) is 0 Å². The van der Waals surface area contributed by atoms with Crippen LogP contribution in [0.15, 0.2) is 30.6 Å². The predicted molar refractivity (Wildman–Crippen MR) is 80.5 cm³/mol. The third kappa shape index (κ3) is 2.33. The van der Waals surface area contributed by atoms with Gasteiger partial charge in [0.25, 0.3) is 5.88 Å². The lowest BCUT2D eigenvalue weighted by Crippen LogP contribution is -1.99. The monoisotopic (exact) mass is 367 g/mol. The van der Waals surface area contributed by atoms with Crippen molar-refractivity contribution in [1.82, 2.24) is 19.9 Å². The van der Waals surface area contributed by atoms with Crippen LogP contribution in [0.1, 0.15) is 0 Å². The molecule has 0 aliphatic heterocycles. The predicted octanol–water partition coefficient (Wildman–Crippen LogP) is 2.79. The lowest BCUT2D eigenvalue weighted by Gasteiger charge is -2.08. The Kier molecular flexibility index (Phi) is 3.20. The lowest BCUT2D eigenvalue weighted by atomic mass is 10.3. The zero-order valence-electron chi connectivity index (χ0n) is 10.0. The molecule has 3 aromatic rings. The van der Waals surface area contributed by atoms with E-state index in [4.69, 9.17) is 4.74 Å². The van der Waals surface area contributed by atoms with E-state index in [-0.39, 0.29) is 0 Å². The Labute approximate surface area is 122 Å². The Bertz CT molecular complexity index is 727. The van der Waals surface area contributed by atoms with Crippen molar-refractivity contribution in [2.75, 3.05) is 12.4 Å². The lowest BCUT2D eigenvalue weighted by molar-refractivity contribution is 0.465. The molecule has 1 aromatic carbocycles. The molecule has 19 heavy (non-hydrogen) atoms. The molecule has 0 unspecified atom stereocenters. The molecule has 0 saturated carbocycles. The highest BCUT2D eigenvalue weighted by molar-refractivity contribution is 14.1.